The lowest BCUT2D eigenvalue weighted by molar-refractivity contribution is 0.310. The van der Waals surface area contributed by atoms with Gasteiger partial charge >= 0.3 is 0 Å². The Bertz CT molecular complexity index is 409. The van der Waals surface area contributed by atoms with Gasteiger partial charge in [-0.2, -0.15) is 4.98 Å². The number of aromatic nitrogens is 2. The molecule has 2 rings (SSSR count). The molecule has 1 saturated heterocycles. The fourth-order valence-electron chi connectivity index (χ4n) is 2.77. The van der Waals surface area contributed by atoms with E-state index in [0.29, 0.717) is 0 Å². The molecule has 0 saturated carbocycles. The molecule has 0 amide bonds. The van der Waals surface area contributed by atoms with Crippen LogP contribution in [-0.2, 0) is 0 Å². The van der Waals surface area contributed by atoms with Gasteiger partial charge in [0.15, 0.2) is 0 Å². The van der Waals surface area contributed by atoms with Gasteiger partial charge in [0, 0.05) is 31.4 Å². The highest BCUT2D eigenvalue weighted by molar-refractivity contribution is 5.49. The summed E-state index contributed by atoms with van der Waals surface area (Å²) >= 11 is 0. The molecule has 1 fully saturated rings. The zero-order valence-corrected chi connectivity index (χ0v) is 12.6. The molecule has 0 aliphatic carbocycles. The van der Waals surface area contributed by atoms with Gasteiger partial charge in [-0.3, -0.25) is 0 Å². The number of piperidine rings is 1. The second-order valence-corrected chi connectivity index (χ2v) is 5.80. The van der Waals surface area contributed by atoms with Crippen LogP contribution in [0.4, 0.5) is 11.8 Å². The van der Waals surface area contributed by atoms with Crippen molar-refractivity contribution in [2.45, 2.75) is 40.5 Å². The zero-order valence-electron chi connectivity index (χ0n) is 12.6. The Labute approximate surface area is 116 Å². The summed E-state index contributed by atoms with van der Waals surface area (Å²) in [6.07, 6.45) is 4.48. The molecule has 0 unspecified atom stereocenters. The number of nitrogens with zero attached hydrogens (tertiary/aromatic N) is 3. The van der Waals surface area contributed by atoms with E-state index in [9.17, 15) is 0 Å². The predicted octanol–water partition coefficient (Wildman–Crippen LogP) is 3.09. The molecule has 2 heterocycles. The zero-order chi connectivity index (χ0) is 13.8. The van der Waals surface area contributed by atoms with Gasteiger partial charge in [-0.1, -0.05) is 13.8 Å². The van der Waals surface area contributed by atoms with E-state index >= 15 is 0 Å². The first kappa shape index (κ1) is 14.1. The number of hydrogen-bond acceptors (Lipinski definition) is 4. The predicted molar refractivity (Wildman–Crippen MR) is 80.7 cm³/mol. The number of hydrogen-bond donors (Lipinski definition) is 1. The average molecular weight is 262 g/mol. The molecule has 1 N–H and O–H groups in total. The third kappa shape index (κ3) is 3.37. The van der Waals surface area contributed by atoms with Gasteiger partial charge in [-0.25, -0.2) is 4.98 Å². The van der Waals surface area contributed by atoms with Crippen molar-refractivity contribution in [1.82, 2.24) is 9.97 Å². The molecule has 0 radical (unpaired) electrons. The molecule has 4 nitrogen and oxygen atoms in total. The van der Waals surface area contributed by atoms with Crippen LogP contribution in [0.2, 0.25) is 0 Å². The van der Waals surface area contributed by atoms with Gasteiger partial charge in [-0.15, -0.1) is 0 Å². The number of rotatable bonds is 4. The Morgan fingerprint density at radius 2 is 2.05 bits per heavy atom. The van der Waals surface area contributed by atoms with Gasteiger partial charge in [0.25, 0.3) is 0 Å². The van der Waals surface area contributed by atoms with E-state index in [1.165, 1.54) is 18.4 Å². The molecular weight excluding hydrogens is 236 g/mol. The molecule has 0 atom stereocenters. The van der Waals surface area contributed by atoms with Crippen molar-refractivity contribution >= 4 is 11.8 Å². The highest BCUT2D eigenvalue weighted by Gasteiger charge is 2.23. The van der Waals surface area contributed by atoms with Crippen LogP contribution in [0, 0.1) is 18.8 Å². The standard InChI is InChI=1S/C15H26N4/c1-5-16-15-17-10-12(4)14(18-15)19-8-6-13(7-9-19)11(2)3/h10-11,13H,5-9H2,1-4H3,(H,16,17,18). The highest BCUT2D eigenvalue weighted by Crippen LogP contribution is 2.28. The summed E-state index contributed by atoms with van der Waals surface area (Å²) in [5, 5.41) is 3.19. The maximum absolute atomic E-state index is 4.66. The fourth-order valence-corrected chi connectivity index (χ4v) is 2.77. The van der Waals surface area contributed by atoms with Crippen molar-refractivity contribution in [3.8, 4) is 0 Å². The Morgan fingerprint density at radius 3 is 2.63 bits per heavy atom. The lowest BCUT2D eigenvalue weighted by Gasteiger charge is -2.35. The first-order valence-corrected chi connectivity index (χ1v) is 7.44. The molecule has 1 aromatic heterocycles. The Kier molecular flexibility index (Phi) is 4.61. The van der Waals surface area contributed by atoms with E-state index in [4.69, 9.17) is 0 Å². The van der Waals surface area contributed by atoms with Crippen molar-refractivity contribution < 1.29 is 0 Å². The van der Waals surface area contributed by atoms with Crippen molar-refractivity contribution in [3.63, 3.8) is 0 Å². The molecule has 1 aliphatic heterocycles. The molecule has 0 aromatic carbocycles. The highest BCUT2D eigenvalue weighted by atomic mass is 15.2. The van der Waals surface area contributed by atoms with E-state index in [2.05, 4.69) is 47.9 Å². The second kappa shape index (κ2) is 6.22. The first-order chi connectivity index (χ1) is 9.11. The summed E-state index contributed by atoms with van der Waals surface area (Å²) in [5.74, 6) is 3.51. The van der Waals surface area contributed by atoms with Crippen LogP contribution in [0.15, 0.2) is 6.20 Å². The van der Waals surface area contributed by atoms with E-state index in [1.807, 2.05) is 6.20 Å². The first-order valence-electron chi connectivity index (χ1n) is 7.44. The van der Waals surface area contributed by atoms with Crippen LogP contribution in [0.1, 0.15) is 39.2 Å². The van der Waals surface area contributed by atoms with Gasteiger partial charge in [0.2, 0.25) is 5.95 Å². The van der Waals surface area contributed by atoms with Crippen molar-refractivity contribution in [1.29, 1.82) is 0 Å². The minimum atomic E-state index is 0.745. The quantitative estimate of drug-likeness (QED) is 0.905. The number of aryl methyl sites for hydroxylation is 1. The SMILES string of the molecule is CCNc1ncc(C)c(N2CCC(C(C)C)CC2)n1. The summed E-state index contributed by atoms with van der Waals surface area (Å²) in [7, 11) is 0. The van der Waals surface area contributed by atoms with E-state index in [1.54, 1.807) is 0 Å². The normalized spacial score (nSPS) is 17.0. The maximum Gasteiger partial charge on any atom is 0.224 e. The minimum Gasteiger partial charge on any atom is -0.356 e. The Morgan fingerprint density at radius 1 is 1.37 bits per heavy atom. The largest absolute Gasteiger partial charge is 0.356 e. The molecule has 4 heteroatoms. The van der Waals surface area contributed by atoms with Crippen molar-refractivity contribution in [2.24, 2.45) is 11.8 Å². The van der Waals surface area contributed by atoms with Gasteiger partial charge in [-0.05, 0) is 38.5 Å². The van der Waals surface area contributed by atoms with Gasteiger partial charge in [0.1, 0.15) is 5.82 Å². The van der Waals surface area contributed by atoms with E-state index in [-0.39, 0.29) is 0 Å². The maximum atomic E-state index is 4.66. The van der Waals surface area contributed by atoms with Crippen LogP contribution in [0.3, 0.4) is 0 Å². The summed E-state index contributed by atoms with van der Waals surface area (Å²) in [5.41, 5.74) is 1.17. The summed E-state index contributed by atoms with van der Waals surface area (Å²) in [4.78, 5) is 11.4. The van der Waals surface area contributed by atoms with Crippen molar-refractivity contribution in [3.05, 3.63) is 11.8 Å². The lowest BCUT2D eigenvalue weighted by Crippen LogP contribution is -2.36. The monoisotopic (exact) mass is 262 g/mol. The number of anilines is 2. The lowest BCUT2D eigenvalue weighted by atomic mass is 9.87. The molecule has 106 valence electrons. The van der Waals surface area contributed by atoms with Crippen LogP contribution < -0.4 is 10.2 Å². The van der Waals surface area contributed by atoms with E-state index < -0.39 is 0 Å². The third-order valence-corrected chi connectivity index (χ3v) is 4.06. The van der Waals surface area contributed by atoms with E-state index in [0.717, 1.165) is 43.2 Å². The fraction of sp³-hybridized carbons (Fsp3) is 0.733. The van der Waals surface area contributed by atoms with Gasteiger partial charge < -0.3 is 10.2 Å². The van der Waals surface area contributed by atoms with Crippen LogP contribution in [0.5, 0.6) is 0 Å². The summed E-state index contributed by atoms with van der Waals surface area (Å²) in [6, 6.07) is 0. The topological polar surface area (TPSA) is 41.1 Å². The molecular formula is C15H26N4. The van der Waals surface area contributed by atoms with Crippen LogP contribution in [-0.4, -0.2) is 29.6 Å². The summed E-state index contributed by atoms with van der Waals surface area (Å²) in [6.45, 7) is 11.9. The molecule has 0 bridgehead atoms. The Balaban J connectivity index is 2.08. The average Bonchev–Trinajstić information content (AvgIpc) is 2.41. The second-order valence-electron chi connectivity index (χ2n) is 5.80. The Hall–Kier alpha value is -1.32. The molecule has 19 heavy (non-hydrogen) atoms. The van der Waals surface area contributed by atoms with Crippen LogP contribution >= 0.6 is 0 Å². The van der Waals surface area contributed by atoms with Crippen molar-refractivity contribution in [2.75, 3.05) is 29.9 Å². The molecule has 1 aromatic rings. The molecule has 0 spiro atoms. The van der Waals surface area contributed by atoms with Gasteiger partial charge in [0.05, 0.1) is 0 Å². The summed E-state index contributed by atoms with van der Waals surface area (Å²) < 4.78 is 0. The van der Waals surface area contributed by atoms with Crippen LogP contribution in [0.25, 0.3) is 0 Å². The molecule has 1 aliphatic rings. The number of nitrogens with one attached hydrogen (secondary N) is 1. The minimum absolute atomic E-state index is 0.745. The third-order valence-electron chi connectivity index (χ3n) is 4.06. The smallest absolute Gasteiger partial charge is 0.224 e.